The molecule has 0 amide bonds. The van der Waals surface area contributed by atoms with Gasteiger partial charge in [0.25, 0.3) is 0 Å². The summed E-state index contributed by atoms with van der Waals surface area (Å²) in [5, 5.41) is 4.75. The Morgan fingerprint density at radius 3 is 2.54 bits per heavy atom. The van der Waals surface area contributed by atoms with E-state index in [0.29, 0.717) is 6.54 Å². The molecule has 0 bridgehead atoms. The molecule has 1 aliphatic heterocycles. The third-order valence-electron chi connectivity index (χ3n) is 4.38. The number of nitrogens with zero attached hydrogens (tertiary/aromatic N) is 4. The SMILES string of the molecule is S=c1n(CN2CCCC2)nc(-c2ccco2)n1Cc1ccccc1. The molecule has 2 aromatic heterocycles. The molecule has 0 atom stereocenters. The molecule has 0 aliphatic carbocycles. The summed E-state index contributed by atoms with van der Waals surface area (Å²) in [6.07, 6.45) is 4.18. The van der Waals surface area contributed by atoms with E-state index in [1.54, 1.807) is 6.26 Å². The summed E-state index contributed by atoms with van der Waals surface area (Å²) in [6.45, 7) is 3.66. The van der Waals surface area contributed by atoms with Crippen LogP contribution in [-0.2, 0) is 13.2 Å². The van der Waals surface area contributed by atoms with Crippen molar-refractivity contribution in [3.8, 4) is 11.6 Å². The van der Waals surface area contributed by atoms with Crippen molar-refractivity contribution in [3.63, 3.8) is 0 Å². The van der Waals surface area contributed by atoms with Crippen LogP contribution in [0.15, 0.2) is 53.1 Å². The Morgan fingerprint density at radius 1 is 1.04 bits per heavy atom. The topological polar surface area (TPSA) is 39.1 Å². The molecule has 3 aromatic rings. The van der Waals surface area contributed by atoms with Gasteiger partial charge in [-0.2, -0.15) is 0 Å². The van der Waals surface area contributed by atoms with Gasteiger partial charge in [-0.15, -0.1) is 5.10 Å². The molecule has 124 valence electrons. The number of hydrogen-bond acceptors (Lipinski definition) is 4. The van der Waals surface area contributed by atoms with Crippen LogP contribution in [0.5, 0.6) is 0 Å². The molecule has 1 fully saturated rings. The second-order valence-electron chi connectivity index (χ2n) is 6.12. The zero-order valence-corrected chi connectivity index (χ0v) is 14.3. The molecular weight excluding hydrogens is 320 g/mol. The van der Waals surface area contributed by atoms with Gasteiger partial charge in [-0.3, -0.25) is 9.47 Å². The minimum atomic E-state index is 0.690. The number of benzene rings is 1. The minimum Gasteiger partial charge on any atom is -0.461 e. The summed E-state index contributed by atoms with van der Waals surface area (Å²) < 4.78 is 10.3. The summed E-state index contributed by atoms with van der Waals surface area (Å²) in [6, 6.07) is 14.1. The third-order valence-corrected chi connectivity index (χ3v) is 4.81. The fourth-order valence-electron chi connectivity index (χ4n) is 3.14. The van der Waals surface area contributed by atoms with Gasteiger partial charge in [-0.05, 0) is 55.8 Å². The smallest absolute Gasteiger partial charge is 0.199 e. The van der Waals surface area contributed by atoms with Crippen LogP contribution in [0.4, 0.5) is 0 Å². The van der Waals surface area contributed by atoms with Gasteiger partial charge in [0.15, 0.2) is 16.4 Å². The number of furan rings is 1. The van der Waals surface area contributed by atoms with Crippen molar-refractivity contribution in [2.75, 3.05) is 13.1 Å². The lowest BCUT2D eigenvalue weighted by Gasteiger charge is -2.13. The Labute approximate surface area is 146 Å². The summed E-state index contributed by atoms with van der Waals surface area (Å²) in [7, 11) is 0. The first-order valence-electron chi connectivity index (χ1n) is 8.29. The molecule has 0 N–H and O–H groups in total. The Morgan fingerprint density at radius 2 is 1.83 bits per heavy atom. The number of aromatic nitrogens is 3. The van der Waals surface area contributed by atoms with Crippen molar-refractivity contribution in [1.82, 2.24) is 19.2 Å². The first kappa shape index (κ1) is 15.4. The summed E-state index contributed by atoms with van der Waals surface area (Å²) in [5.41, 5.74) is 1.20. The van der Waals surface area contributed by atoms with Crippen LogP contribution in [0, 0.1) is 4.77 Å². The van der Waals surface area contributed by atoms with Gasteiger partial charge in [0.1, 0.15) is 0 Å². The van der Waals surface area contributed by atoms with Crippen LogP contribution >= 0.6 is 12.2 Å². The van der Waals surface area contributed by atoms with Gasteiger partial charge in [-0.1, -0.05) is 30.3 Å². The molecule has 3 heterocycles. The molecule has 6 heteroatoms. The average molecular weight is 340 g/mol. The van der Waals surface area contributed by atoms with Crippen molar-refractivity contribution in [2.45, 2.75) is 26.1 Å². The molecule has 1 aromatic carbocycles. The van der Waals surface area contributed by atoms with Crippen LogP contribution in [0.1, 0.15) is 18.4 Å². The lowest BCUT2D eigenvalue weighted by atomic mass is 10.2. The van der Waals surface area contributed by atoms with Crippen LogP contribution in [-0.4, -0.2) is 32.3 Å². The van der Waals surface area contributed by atoms with Crippen molar-refractivity contribution in [3.05, 3.63) is 59.1 Å². The predicted octanol–water partition coefficient (Wildman–Crippen LogP) is 3.78. The lowest BCUT2D eigenvalue weighted by molar-refractivity contribution is 0.253. The maximum Gasteiger partial charge on any atom is 0.199 e. The number of hydrogen-bond donors (Lipinski definition) is 0. The molecular formula is C18H20N4OS. The fourth-order valence-corrected chi connectivity index (χ4v) is 3.39. The second-order valence-corrected chi connectivity index (χ2v) is 6.49. The van der Waals surface area contributed by atoms with E-state index in [2.05, 4.69) is 21.6 Å². The quantitative estimate of drug-likeness (QED) is 0.663. The predicted molar refractivity (Wildman–Crippen MR) is 95.1 cm³/mol. The first-order valence-corrected chi connectivity index (χ1v) is 8.70. The van der Waals surface area contributed by atoms with Crippen molar-refractivity contribution in [2.24, 2.45) is 0 Å². The third kappa shape index (κ3) is 3.07. The molecule has 0 unspecified atom stereocenters. The molecule has 1 aliphatic rings. The summed E-state index contributed by atoms with van der Waals surface area (Å²) in [5.74, 6) is 1.53. The van der Waals surface area contributed by atoms with Crippen LogP contribution in [0.25, 0.3) is 11.6 Å². The first-order chi connectivity index (χ1) is 11.8. The molecule has 0 spiro atoms. The van der Waals surface area contributed by atoms with Gasteiger partial charge >= 0.3 is 0 Å². The van der Waals surface area contributed by atoms with Gasteiger partial charge in [0.05, 0.1) is 19.5 Å². The van der Waals surface area contributed by atoms with Gasteiger partial charge in [0, 0.05) is 0 Å². The van der Waals surface area contributed by atoms with Gasteiger partial charge < -0.3 is 4.42 Å². The van der Waals surface area contributed by atoms with E-state index in [1.807, 2.05) is 35.0 Å². The van der Waals surface area contributed by atoms with E-state index in [9.17, 15) is 0 Å². The summed E-state index contributed by atoms with van der Waals surface area (Å²) >= 11 is 5.72. The molecule has 0 radical (unpaired) electrons. The number of likely N-dealkylation sites (tertiary alicyclic amines) is 1. The number of rotatable bonds is 5. The molecule has 1 saturated heterocycles. The maximum atomic E-state index is 5.72. The van der Waals surface area contributed by atoms with Crippen LogP contribution in [0.3, 0.4) is 0 Å². The Balaban J connectivity index is 1.72. The molecule has 4 rings (SSSR count). The average Bonchev–Trinajstić information content (AvgIpc) is 3.34. The van der Waals surface area contributed by atoms with Crippen molar-refractivity contribution in [1.29, 1.82) is 0 Å². The Kier molecular flexibility index (Phi) is 4.32. The van der Waals surface area contributed by atoms with E-state index in [1.165, 1.54) is 18.4 Å². The monoisotopic (exact) mass is 340 g/mol. The van der Waals surface area contributed by atoms with Crippen molar-refractivity contribution < 1.29 is 4.42 Å². The highest BCUT2D eigenvalue weighted by Gasteiger charge is 2.18. The van der Waals surface area contributed by atoms with Gasteiger partial charge in [0.2, 0.25) is 0 Å². The fraction of sp³-hybridized carbons (Fsp3) is 0.333. The van der Waals surface area contributed by atoms with E-state index in [0.717, 1.165) is 36.1 Å². The van der Waals surface area contributed by atoms with Crippen LogP contribution < -0.4 is 0 Å². The standard InChI is InChI=1S/C18H20N4OS/c24-18-21(13-15-7-2-1-3-8-15)17(16-9-6-12-23-16)19-22(18)14-20-10-4-5-11-20/h1-3,6-9,12H,4-5,10-11,13-14H2. The maximum absolute atomic E-state index is 5.72. The highest BCUT2D eigenvalue weighted by atomic mass is 32.1. The van der Waals surface area contributed by atoms with Crippen molar-refractivity contribution >= 4 is 12.2 Å². The summed E-state index contributed by atoms with van der Waals surface area (Å²) in [4.78, 5) is 2.39. The Bertz CT molecular complexity index is 845. The highest BCUT2D eigenvalue weighted by Crippen LogP contribution is 2.21. The highest BCUT2D eigenvalue weighted by molar-refractivity contribution is 7.71. The normalized spacial score (nSPS) is 15.2. The van der Waals surface area contributed by atoms with E-state index in [-0.39, 0.29) is 0 Å². The van der Waals surface area contributed by atoms with E-state index >= 15 is 0 Å². The largest absolute Gasteiger partial charge is 0.461 e. The van der Waals surface area contributed by atoms with E-state index in [4.69, 9.17) is 21.7 Å². The molecule has 24 heavy (non-hydrogen) atoms. The second kappa shape index (κ2) is 6.75. The zero-order chi connectivity index (χ0) is 16.4. The molecule has 5 nitrogen and oxygen atoms in total. The van der Waals surface area contributed by atoms with Crippen LogP contribution in [0.2, 0.25) is 0 Å². The molecule has 0 saturated carbocycles. The Hall–Kier alpha value is -2.18. The zero-order valence-electron chi connectivity index (χ0n) is 13.5. The minimum absolute atomic E-state index is 0.690. The van der Waals surface area contributed by atoms with Gasteiger partial charge in [-0.25, -0.2) is 4.68 Å². The lowest BCUT2D eigenvalue weighted by Crippen LogP contribution is -2.23. The van der Waals surface area contributed by atoms with E-state index < -0.39 is 0 Å².